The Balaban J connectivity index is 2.44. The van der Waals surface area contributed by atoms with E-state index in [-0.39, 0.29) is 5.69 Å². The van der Waals surface area contributed by atoms with Crippen molar-refractivity contribution in [3.8, 4) is 11.8 Å². The number of alkyl halides is 3. The van der Waals surface area contributed by atoms with Crippen LogP contribution in [0.2, 0.25) is 0 Å². The monoisotopic (exact) mass is 237 g/mol. The van der Waals surface area contributed by atoms with Gasteiger partial charge < -0.3 is 0 Å². The number of benzene rings is 1. The van der Waals surface area contributed by atoms with Crippen LogP contribution in [0.3, 0.4) is 0 Å². The molecule has 6 heteroatoms. The van der Waals surface area contributed by atoms with Crippen LogP contribution in [0.1, 0.15) is 11.1 Å². The van der Waals surface area contributed by atoms with Gasteiger partial charge in [-0.1, -0.05) is 6.07 Å². The van der Waals surface area contributed by atoms with Crippen molar-refractivity contribution in [1.82, 2.24) is 9.78 Å². The van der Waals surface area contributed by atoms with E-state index in [2.05, 4.69) is 5.10 Å². The first-order valence-electron chi connectivity index (χ1n) is 4.63. The summed E-state index contributed by atoms with van der Waals surface area (Å²) in [5.41, 5.74) is -0.187. The molecule has 0 saturated heterocycles. The fourth-order valence-electron chi connectivity index (χ4n) is 1.35. The van der Waals surface area contributed by atoms with Crippen molar-refractivity contribution in [2.24, 2.45) is 0 Å². The predicted octanol–water partition coefficient (Wildman–Crippen LogP) is 2.76. The van der Waals surface area contributed by atoms with Gasteiger partial charge in [-0.3, -0.25) is 0 Å². The number of nitriles is 1. The largest absolute Gasteiger partial charge is 0.416 e. The zero-order valence-electron chi connectivity index (χ0n) is 8.44. The van der Waals surface area contributed by atoms with Crippen LogP contribution in [0.15, 0.2) is 36.7 Å². The Hall–Kier alpha value is -2.29. The molecule has 0 spiro atoms. The van der Waals surface area contributed by atoms with E-state index in [1.807, 2.05) is 6.07 Å². The maximum atomic E-state index is 12.5. The zero-order valence-corrected chi connectivity index (χ0v) is 8.44. The number of halogens is 3. The third kappa shape index (κ3) is 2.28. The number of rotatable bonds is 1. The normalized spacial score (nSPS) is 11.2. The SMILES string of the molecule is N#Cc1cnn(-c2cccc(C(F)(F)F)c2)c1. The van der Waals surface area contributed by atoms with Crippen LogP contribution < -0.4 is 0 Å². The molecule has 0 N–H and O–H groups in total. The van der Waals surface area contributed by atoms with Crippen LogP contribution >= 0.6 is 0 Å². The third-order valence-electron chi connectivity index (χ3n) is 2.15. The van der Waals surface area contributed by atoms with Gasteiger partial charge in [-0.25, -0.2) is 4.68 Å². The molecule has 0 aliphatic heterocycles. The predicted molar refractivity (Wildman–Crippen MR) is 53.3 cm³/mol. The lowest BCUT2D eigenvalue weighted by Crippen LogP contribution is -2.06. The van der Waals surface area contributed by atoms with Crippen molar-refractivity contribution in [3.63, 3.8) is 0 Å². The summed E-state index contributed by atoms with van der Waals surface area (Å²) in [6.07, 6.45) is -1.73. The molecule has 0 atom stereocenters. The smallest absolute Gasteiger partial charge is 0.240 e. The van der Waals surface area contributed by atoms with E-state index in [9.17, 15) is 13.2 Å². The van der Waals surface area contributed by atoms with Gasteiger partial charge in [0.2, 0.25) is 0 Å². The van der Waals surface area contributed by atoms with Crippen molar-refractivity contribution in [3.05, 3.63) is 47.8 Å². The molecular weight excluding hydrogens is 231 g/mol. The summed E-state index contributed by atoms with van der Waals surface area (Å²) < 4.78 is 38.6. The summed E-state index contributed by atoms with van der Waals surface area (Å²) >= 11 is 0. The van der Waals surface area contributed by atoms with Gasteiger partial charge in [-0.2, -0.15) is 23.5 Å². The molecule has 0 fully saturated rings. The van der Waals surface area contributed by atoms with Crippen LogP contribution in [0.25, 0.3) is 5.69 Å². The highest BCUT2D eigenvalue weighted by atomic mass is 19.4. The van der Waals surface area contributed by atoms with Gasteiger partial charge in [0, 0.05) is 6.20 Å². The highest BCUT2D eigenvalue weighted by molar-refractivity contribution is 5.38. The Labute approximate surface area is 94.7 Å². The minimum absolute atomic E-state index is 0.265. The van der Waals surface area contributed by atoms with Gasteiger partial charge in [0.25, 0.3) is 0 Å². The number of aromatic nitrogens is 2. The number of hydrogen-bond donors (Lipinski definition) is 0. The molecule has 0 saturated carbocycles. The molecule has 0 aliphatic carbocycles. The Morgan fingerprint density at radius 1 is 1.29 bits per heavy atom. The second-order valence-electron chi connectivity index (χ2n) is 3.33. The summed E-state index contributed by atoms with van der Waals surface area (Å²) in [7, 11) is 0. The molecule has 17 heavy (non-hydrogen) atoms. The van der Waals surface area contributed by atoms with E-state index in [4.69, 9.17) is 5.26 Å². The Kier molecular flexibility index (Phi) is 2.60. The van der Waals surface area contributed by atoms with Gasteiger partial charge in [0.1, 0.15) is 6.07 Å². The minimum atomic E-state index is -4.39. The molecule has 3 nitrogen and oxygen atoms in total. The summed E-state index contributed by atoms with van der Waals surface area (Å²) in [4.78, 5) is 0. The molecule has 0 radical (unpaired) electrons. The molecule has 1 aromatic heterocycles. The first-order valence-corrected chi connectivity index (χ1v) is 4.63. The van der Waals surface area contributed by atoms with Crippen molar-refractivity contribution in [2.45, 2.75) is 6.18 Å². The van der Waals surface area contributed by atoms with Crippen LogP contribution in [-0.4, -0.2) is 9.78 Å². The first kappa shape index (κ1) is 11.2. The lowest BCUT2D eigenvalue weighted by Gasteiger charge is -2.08. The van der Waals surface area contributed by atoms with Gasteiger partial charge in [0.05, 0.1) is 23.0 Å². The molecule has 2 aromatic rings. The summed E-state index contributed by atoms with van der Waals surface area (Å²) in [6.45, 7) is 0. The van der Waals surface area contributed by atoms with E-state index >= 15 is 0 Å². The Morgan fingerprint density at radius 2 is 2.06 bits per heavy atom. The topological polar surface area (TPSA) is 41.6 Å². The fraction of sp³-hybridized carbons (Fsp3) is 0.0909. The molecule has 86 valence electrons. The van der Waals surface area contributed by atoms with E-state index in [1.54, 1.807) is 0 Å². The lowest BCUT2D eigenvalue weighted by molar-refractivity contribution is -0.137. The highest BCUT2D eigenvalue weighted by Crippen LogP contribution is 2.30. The standard InChI is InChI=1S/C11H6F3N3/c12-11(13,14)9-2-1-3-10(4-9)17-7-8(5-15)6-16-17/h1-4,6-7H. The first-order chi connectivity index (χ1) is 8.00. The van der Waals surface area contributed by atoms with Crippen LogP contribution in [0.5, 0.6) is 0 Å². The summed E-state index contributed by atoms with van der Waals surface area (Å²) in [5.74, 6) is 0. The van der Waals surface area contributed by atoms with Crippen LogP contribution in [0, 0.1) is 11.3 Å². The summed E-state index contributed by atoms with van der Waals surface area (Å²) in [6, 6.07) is 6.61. The molecule has 0 amide bonds. The van der Waals surface area contributed by atoms with Gasteiger partial charge in [0.15, 0.2) is 0 Å². The molecule has 0 unspecified atom stereocenters. The number of hydrogen-bond acceptors (Lipinski definition) is 2. The van der Waals surface area contributed by atoms with E-state index in [0.29, 0.717) is 5.56 Å². The van der Waals surface area contributed by atoms with Crippen LogP contribution in [0.4, 0.5) is 13.2 Å². The Bertz CT molecular complexity index is 578. The van der Waals surface area contributed by atoms with Crippen LogP contribution in [-0.2, 0) is 6.18 Å². The van der Waals surface area contributed by atoms with E-state index < -0.39 is 11.7 Å². The highest BCUT2D eigenvalue weighted by Gasteiger charge is 2.30. The number of nitrogens with zero attached hydrogens (tertiary/aromatic N) is 3. The van der Waals surface area contributed by atoms with Crippen molar-refractivity contribution in [1.29, 1.82) is 5.26 Å². The zero-order chi connectivity index (χ0) is 12.5. The molecule has 0 aliphatic rings. The molecular formula is C11H6F3N3. The average Bonchev–Trinajstić information content (AvgIpc) is 2.76. The minimum Gasteiger partial charge on any atom is -0.240 e. The van der Waals surface area contributed by atoms with Gasteiger partial charge in [-0.05, 0) is 18.2 Å². The summed E-state index contributed by atoms with van der Waals surface area (Å²) in [5, 5.41) is 12.4. The van der Waals surface area contributed by atoms with Crippen molar-refractivity contribution in [2.75, 3.05) is 0 Å². The second-order valence-corrected chi connectivity index (χ2v) is 3.33. The van der Waals surface area contributed by atoms with Crippen molar-refractivity contribution < 1.29 is 13.2 Å². The maximum Gasteiger partial charge on any atom is 0.416 e. The lowest BCUT2D eigenvalue weighted by atomic mass is 10.2. The molecule has 1 heterocycles. The third-order valence-corrected chi connectivity index (χ3v) is 2.15. The second kappa shape index (κ2) is 3.94. The van der Waals surface area contributed by atoms with E-state index in [1.165, 1.54) is 29.2 Å². The average molecular weight is 237 g/mol. The van der Waals surface area contributed by atoms with Gasteiger partial charge in [-0.15, -0.1) is 0 Å². The van der Waals surface area contributed by atoms with E-state index in [0.717, 1.165) is 12.1 Å². The molecule has 2 rings (SSSR count). The molecule has 0 bridgehead atoms. The van der Waals surface area contributed by atoms with Crippen molar-refractivity contribution >= 4 is 0 Å². The molecule has 1 aromatic carbocycles. The van der Waals surface area contributed by atoms with Gasteiger partial charge >= 0.3 is 6.18 Å². The fourth-order valence-corrected chi connectivity index (χ4v) is 1.35. The maximum absolute atomic E-state index is 12.5. The Morgan fingerprint density at radius 3 is 2.65 bits per heavy atom. The quantitative estimate of drug-likeness (QED) is 0.765.